The number of fused-ring (bicyclic) bond motifs is 1. The highest BCUT2D eigenvalue weighted by molar-refractivity contribution is 5.85. The van der Waals surface area contributed by atoms with Gasteiger partial charge in [-0.1, -0.05) is 54.6 Å². The summed E-state index contributed by atoms with van der Waals surface area (Å²) in [6, 6.07) is 15.2. The summed E-state index contributed by atoms with van der Waals surface area (Å²) in [4.78, 5) is 37.8. The van der Waals surface area contributed by atoms with Gasteiger partial charge in [0, 0.05) is 19.5 Å². The van der Waals surface area contributed by atoms with Crippen LogP contribution in [-0.2, 0) is 20.8 Å². The molecular weight excluding hydrogens is 356 g/mol. The van der Waals surface area contributed by atoms with Crippen LogP contribution in [0.4, 0.5) is 0 Å². The Balaban J connectivity index is 1.75. The van der Waals surface area contributed by atoms with E-state index < -0.39 is 24.0 Å². The highest BCUT2D eigenvalue weighted by atomic mass is 16.4. The summed E-state index contributed by atoms with van der Waals surface area (Å²) in [5.41, 5.74) is 2.63. The molecule has 2 atom stereocenters. The molecular formula is C22H22N2O4. The van der Waals surface area contributed by atoms with Crippen molar-refractivity contribution < 1.29 is 19.5 Å². The number of aliphatic carboxylic acids is 1. The Hall–Kier alpha value is -3.41. The van der Waals surface area contributed by atoms with Crippen LogP contribution >= 0.6 is 0 Å². The number of benzene rings is 2. The molecule has 1 heterocycles. The summed E-state index contributed by atoms with van der Waals surface area (Å²) in [6.45, 7) is 1.44. The fraction of sp³-hybridized carbons (Fsp3) is 0.227. The van der Waals surface area contributed by atoms with Gasteiger partial charge in [0.2, 0.25) is 11.8 Å². The first-order valence-corrected chi connectivity index (χ1v) is 9.08. The number of nitrogens with zero attached hydrogens (tertiary/aromatic N) is 1. The largest absolute Gasteiger partial charge is 0.480 e. The summed E-state index contributed by atoms with van der Waals surface area (Å²) >= 11 is 0. The summed E-state index contributed by atoms with van der Waals surface area (Å²) < 4.78 is 0. The zero-order chi connectivity index (χ0) is 20.1. The molecule has 2 aromatic carbocycles. The van der Waals surface area contributed by atoms with Gasteiger partial charge in [-0.15, -0.1) is 0 Å². The zero-order valence-electron chi connectivity index (χ0n) is 15.5. The highest BCUT2D eigenvalue weighted by Crippen LogP contribution is 2.32. The summed E-state index contributed by atoms with van der Waals surface area (Å²) in [7, 11) is 0. The number of carboxylic acid groups (broad SMARTS) is 1. The van der Waals surface area contributed by atoms with Gasteiger partial charge in [0.05, 0.1) is 12.5 Å². The maximum Gasteiger partial charge on any atom is 0.326 e. The van der Waals surface area contributed by atoms with Gasteiger partial charge in [0.1, 0.15) is 6.04 Å². The van der Waals surface area contributed by atoms with Crippen molar-refractivity contribution in [3.8, 4) is 0 Å². The van der Waals surface area contributed by atoms with E-state index in [-0.39, 0.29) is 18.7 Å². The average Bonchev–Trinajstić information content (AvgIpc) is 2.68. The van der Waals surface area contributed by atoms with E-state index in [9.17, 15) is 19.5 Å². The Bertz CT molecular complexity index is 908. The van der Waals surface area contributed by atoms with Gasteiger partial charge in [0.15, 0.2) is 0 Å². The van der Waals surface area contributed by atoms with Crippen LogP contribution in [0.1, 0.15) is 36.1 Å². The number of nitrogens with one attached hydrogen (secondary N) is 1. The molecule has 28 heavy (non-hydrogen) atoms. The van der Waals surface area contributed by atoms with Crippen LogP contribution in [0.3, 0.4) is 0 Å². The Kier molecular flexibility index (Phi) is 5.89. The molecule has 144 valence electrons. The molecule has 0 saturated carbocycles. The van der Waals surface area contributed by atoms with E-state index >= 15 is 0 Å². The predicted molar refractivity (Wildman–Crippen MR) is 105 cm³/mol. The number of carbonyl (C=O) groups is 3. The normalized spacial score (nSPS) is 16.2. The van der Waals surface area contributed by atoms with E-state index in [1.165, 1.54) is 11.8 Å². The lowest BCUT2D eigenvalue weighted by Gasteiger charge is -2.32. The van der Waals surface area contributed by atoms with E-state index in [1.54, 1.807) is 6.20 Å². The summed E-state index contributed by atoms with van der Waals surface area (Å²) in [5, 5.41) is 12.1. The SMILES string of the molecule is CC(=O)N1C=Cc2ccccc2C1CC(=O)N[C@@H](Cc1ccccc1)C(=O)O. The van der Waals surface area contributed by atoms with Crippen molar-refractivity contribution in [3.05, 3.63) is 77.5 Å². The zero-order valence-corrected chi connectivity index (χ0v) is 15.5. The van der Waals surface area contributed by atoms with Crippen LogP contribution in [0.15, 0.2) is 60.8 Å². The number of hydrogen-bond donors (Lipinski definition) is 2. The van der Waals surface area contributed by atoms with Crippen LogP contribution in [0.25, 0.3) is 6.08 Å². The first-order valence-electron chi connectivity index (χ1n) is 9.08. The molecule has 1 aliphatic heterocycles. The Morgan fingerprint density at radius 3 is 2.43 bits per heavy atom. The van der Waals surface area contributed by atoms with E-state index in [1.807, 2.05) is 60.7 Å². The molecule has 1 unspecified atom stereocenters. The van der Waals surface area contributed by atoms with Crippen LogP contribution < -0.4 is 5.32 Å². The van der Waals surface area contributed by atoms with Crippen molar-refractivity contribution in [2.24, 2.45) is 0 Å². The number of rotatable bonds is 6. The molecule has 3 rings (SSSR count). The smallest absolute Gasteiger partial charge is 0.326 e. The van der Waals surface area contributed by atoms with Crippen molar-refractivity contribution >= 4 is 23.9 Å². The molecule has 0 bridgehead atoms. The number of hydrogen-bond acceptors (Lipinski definition) is 3. The number of carboxylic acids is 1. The lowest BCUT2D eigenvalue weighted by molar-refractivity contribution is -0.142. The number of amides is 2. The molecule has 0 aliphatic carbocycles. The van der Waals surface area contributed by atoms with Crippen LogP contribution in [0.2, 0.25) is 0 Å². The molecule has 0 radical (unpaired) electrons. The maximum absolute atomic E-state index is 12.7. The second-order valence-corrected chi connectivity index (χ2v) is 6.74. The van der Waals surface area contributed by atoms with Gasteiger partial charge in [-0.25, -0.2) is 4.79 Å². The summed E-state index contributed by atoms with van der Waals surface area (Å²) in [5.74, 6) is -1.68. The maximum atomic E-state index is 12.7. The van der Waals surface area contributed by atoms with E-state index in [0.717, 1.165) is 16.7 Å². The summed E-state index contributed by atoms with van der Waals surface area (Å²) in [6.07, 6.45) is 3.68. The van der Waals surface area contributed by atoms with Crippen molar-refractivity contribution in [1.29, 1.82) is 0 Å². The van der Waals surface area contributed by atoms with E-state index in [2.05, 4.69) is 5.32 Å². The molecule has 0 spiro atoms. The van der Waals surface area contributed by atoms with Gasteiger partial charge in [-0.05, 0) is 22.8 Å². The van der Waals surface area contributed by atoms with Crippen LogP contribution in [0.5, 0.6) is 0 Å². The molecule has 0 aromatic heterocycles. The Morgan fingerprint density at radius 2 is 1.75 bits per heavy atom. The molecule has 2 N–H and O–H groups in total. The van der Waals surface area contributed by atoms with Crippen molar-refractivity contribution in [2.75, 3.05) is 0 Å². The van der Waals surface area contributed by atoms with Crippen LogP contribution in [-0.4, -0.2) is 33.8 Å². The second kappa shape index (κ2) is 8.52. The third kappa shape index (κ3) is 4.46. The van der Waals surface area contributed by atoms with Gasteiger partial charge < -0.3 is 15.3 Å². The minimum Gasteiger partial charge on any atom is -0.480 e. The lowest BCUT2D eigenvalue weighted by Crippen LogP contribution is -2.44. The van der Waals surface area contributed by atoms with Crippen molar-refractivity contribution in [2.45, 2.75) is 31.8 Å². The Morgan fingerprint density at radius 1 is 1.07 bits per heavy atom. The third-order valence-corrected chi connectivity index (χ3v) is 4.76. The topological polar surface area (TPSA) is 86.7 Å². The molecule has 6 nitrogen and oxygen atoms in total. The standard InChI is InChI=1S/C22H22N2O4/c1-15(25)24-12-11-17-9-5-6-10-18(17)20(24)14-21(26)23-19(22(27)28)13-16-7-3-2-4-8-16/h2-12,19-20H,13-14H2,1H3,(H,23,26)(H,27,28)/t19-,20?/m0/s1. The fourth-order valence-electron chi connectivity index (χ4n) is 3.39. The lowest BCUT2D eigenvalue weighted by atomic mass is 9.93. The highest BCUT2D eigenvalue weighted by Gasteiger charge is 2.29. The van der Waals surface area contributed by atoms with Crippen molar-refractivity contribution in [1.82, 2.24) is 10.2 Å². The monoisotopic (exact) mass is 378 g/mol. The molecule has 1 aliphatic rings. The molecule has 0 saturated heterocycles. The minimum absolute atomic E-state index is 0.0144. The van der Waals surface area contributed by atoms with Crippen LogP contribution in [0, 0.1) is 0 Å². The van der Waals surface area contributed by atoms with Gasteiger partial charge in [-0.2, -0.15) is 0 Å². The minimum atomic E-state index is -1.09. The molecule has 2 amide bonds. The quantitative estimate of drug-likeness (QED) is 0.809. The second-order valence-electron chi connectivity index (χ2n) is 6.74. The molecule has 6 heteroatoms. The van der Waals surface area contributed by atoms with Gasteiger partial charge >= 0.3 is 5.97 Å². The first-order chi connectivity index (χ1) is 13.5. The van der Waals surface area contributed by atoms with E-state index in [0.29, 0.717) is 0 Å². The Labute approximate surface area is 163 Å². The van der Waals surface area contributed by atoms with Crippen molar-refractivity contribution in [3.63, 3.8) is 0 Å². The third-order valence-electron chi connectivity index (χ3n) is 4.76. The first kappa shape index (κ1) is 19.4. The van der Waals surface area contributed by atoms with Gasteiger partial charge in [-0.3, -0.25) is 9.59 Å². The predicted octanol–water partition coefficient (Wildman–Crippen LogP) is 2.76. The number of carbonyl (C=O) groups excluding carboxylic acids is 2. The van der Waals surface area contributed by atoms with E-state index in [4.69, 9.17) is 0 Å². The fourth-order valence-corrected chi connectivity index (χ4v) is 3.39. The molecule has 0 fully saturated rings. The van der Waals surface area contributed by atoms with Gasteiger partial charge in [0.25, 0.3) is 0 Å². The average molecular weight is 378 g/mol. The molecule has 2 aromatic rings.